The number of para-hydroxylation sites is 2. The Labute approximate surface area is 183 Å². The number of nitriles is 1. The molecule has 0 aliphatic rings. The number of carbonyl (C=O) groups excluding carboxylic acids is 1. The first kappa shape index (κ1) is 19.3. The van der Waals surface area contributed by atoms with E-state index in [1.807, 2.05) is 54.6 Å². The van der Waals surface area contributed by atoms with Crippen LogP contribution in [0.1, 0.15) is 27.5 Å². The van der Waals surface area contributed by atoms with Gasteiger partial charge >= 0.3 is 0 Å². The van der Waals surface area contributed by atoms with Crippen molar-refractivity contribution in [2.75, 3.05) is 5.32 Å². The average Bonchev–Trinajstić information content (AvgIpc) is 3.46. The molecule has 2 aromatic heterocycles. The summed E-state index contributed by atoms with van der Waals surface area (Å²) in [5, 5.41) is 15.9. The lowest BCUT2D eigenvalue weighted by molar-refractivity contribution is 0.0988. The van der Waals surface area contributed by atoms with Crippen LogP contribution in [0.3, 0.4) is 0 Å². The number of aromatic amines is 1. The highest BCUT2D eigenvalue weighted by atomic mass is 16.5. The molecule has 154 valence electrons. The van der Waals surface area contributed by atoms with E-state index in [4.69, 9.17) is 9.78 Å². The molecule has 0 spiro atoms. The van der Waals surface area contributed by atoms with Gasteiger partial charge in [-0.3, -0.25) is 4.79 Å². The van der Waals surface area contributed by atoms with Crippen LogP contribution in [0.2, 0.25) is 0 Å². The molecule has 0 saturated carbocycles. The van der Waals surface area contributed by atoms with E-state index in [1.165, 1.54) is 0 Å². The van der Waals surface area contributed by atoms with Crippen LogP contribution >= 0.6 is 0 Å². The summed E-state index contributed by atoms with van der Waals surface area (Å²) in [4.78, 5) is 20.6. The Morgan fingerprint density at radius 1 is 1.03 bits per heavy atom. The summed E-state index contributed by atoms with van der Waals surface area (Å²) in [5.74, 6) is 0.542. The van der Waals surface area contributed by atoms with E-state index in [1.54, 1.807) is 24.3 Å². The fourth-order valence-corrected chi connectivity index (χ4v) is 3.50. The van der Waals surface area contributed by atoms with Crippen molar-refractivity contribution in [3.8, 4) is 17.3 Å². The molecule has 0 saturated heterocycles. The predicted molar refractivity (Wildman–Crippen MR) is 120 cm³/mol. The monoisotopic (exact) mass is 419 g/mol. The number of benzene rings is 3. The van der Waals surface area contributed by atoms with Crippen LogP contribution in [0, 0.1) is 11.3 Å². The molecule has 0 atom stereocenters. The van der Waals surface area contributed by atoms with Gasteiger partial charge in [0, 0.05) is 23.7 Å². The summed E-state index contributed by atoms with van der Waals surface area (Å²) in [6.45, 7) is 0. The number of fused-ring (bicyclic) bond motifs is 1. The zero-order chi connectivity index (χ0) is 21.9. The van der Waals surface area contributed by atoms with E-state index in [-0.39, 0.29) is 5.76 Å². The van der Waals surface area contributed by atoms with Crippen LogP contribution in [0.4, 0.5) is 5.69 Å². The van der Waals surface area contributed by atoms with Gasteiger partial charge in [-0.25, -0.2) is 4.98 Å². The van der Waals surface area contributed by atoms with Crippen molar-refractivity contribution in [1.82, 2.24) is 15.1 Å². The first-order valence-corrected chi connectivity index (χ1v) is 9.99. The first-order chi connectivity index (χ1) is 15.7. The number of hydrogen-bond acceptors (Lipinski definition) is 5. The standard InChI is InChI=1S/C25H17N5O2/c26-15-17-6-3-7-18(11-17)22-14-23(32-30-22)25(31)27-19-8-4-5-16(12-19)13-24-28-20-9-1-2-10-21(20)29-24/h1-12,14H,13H2,(H,27,31)(H,28,29). The molecule has 5 aromatic rings. The maximum absolute atomic E-state index is 12.7. The third-order valence-electron chi connectivity index (χ3n) is 5.02. The molecule has 0 unspecified atom stereocenters. The predicted octanol–water partition coefficient (Wildman–Crippen LogP) is 4.93. The summed E-state index contributed by atoms with van der Waals surface area (Å²) < 4.78 is 5.23. The third-order valence-corrected chi connectivity index (χ3v) is 5.02. The number of hydrogen-bond donors (Lipinski definition) is 2. The normalized spacial score (nSPS) is 10.7. The SMILES string of the molecule is N#Cc1cccc(-c2cc(C(=O)Nc3cccc(Cc4nc5ccccc5[nH]4)c3)on2)c1. The minimum Gasteiger partial charge on any atom is -0.350 e. The molecule has 0 radical (unpaired) electrons. The van der Waals surface area contributed by atoms with E-state index in [0.717, 1.165) is 22.4 Å². The number of amides is 1. The molecular weight excluding hydrogens is 402 g/mol. The Morgan fingerprint density at radius 3 is 2.78 bits per heavy atom. The lowest BCUT2D eigenvalue weighted by Crippen LogP contribution is -2.11. The van der Waals surface area contributed by atoms with Crippen molar-refractivity contribution in [2.45, 2.75) is 6.42 Å². The number of carbonyl (C=O) groups is 1. The smallest absolute Gasteiger partial charge is 0.294 e. The lowest BCUT2D eigenvalue weighted by atomic mass is 10.1. The Hall–Kier alpha value is -4.70. The molecule has 1 amide bonds. The summed E-state index contributed by atoms with van der Waals surface area (Å²) in [7, 11) is 0. The molecule has 7 nitrogen and oxygen atoms in total. The van der Waals surface area contributed by atoms with Crippen LogP contribution in [0.25, 0.3) is 22.3 Å². The second kappa shape index (κ2) is 8.20. The fraction of sp³-hybridized carbons (Fsp3) is 0.0400. The Kier molecular flexibility index (Phi) is 4.94. The summed E-state index contributed by atoms with van der Waals surface area (Å²) >= 11 is 0. The van der Waals surface area contributed by atoms with Crippen LogP contribution in [-0.4, -0.2) is 21.0 Å². The molecule has 0 fully saturated rings. The lowest BCUT2D eigenvalue weighted by Gasteiger charge is -2.05. The minimum atomic E-state index is -0.402. The van der Waals surface area contributed by atoms with Crippen molar-refractivity contribution in [3.63, 3.8) is 0 Å². The number of anilines is 1. The van der Waals surface area contributed by atoms with E-state index >= 15 is 0 Å². The highest BCUT2D eigenvalue weighted by molar-refractivity contribution is 6.02. The van der Waals surface area contributed by atoms with Gasteiger partial charge in [0.15, 0.2) is 0 Å². The molecular formula is C25H17N5O2. The third kappa shape index (κ3) is 3.98. The van der Waals surface area contributed by atoms with E-state index in [9.17, 15) is 4.79 Å². The maximum Gasteiger partial charge on any atom is 0.294 e. The summed E-state index contributed by atoms with van der Waals surface area (Å²) in [5.41, 5.74) is 5.28. The molecule has 32 heavy (non-hydrogen) atoms. The minimum absolute atomic E-state index is 0.0880. The van der Waals surface area contributed by atoms with Gasteiger partial charge in [0.05, 0.1) is 22.7 Å². The first-order valence-electron chi connectivity index (χ1n) is 9.99. The molecule has 3 aromatic carbocycles. The number of rotatable bonds is 5. The summed E-state index contributed by atoms with van der Waals surface area (Å²) in [6, 6.07) is 26.1. The number of nitrogens with one attached hydrogen (secondary N) is 2. The Bertz CT molecular complexity index is 1440. The van der Waals surface area contributed by atoms with Crippen molar-refractivity contribution in [1.29, 1.82) is 5.26 Å². The quantitative estimate of drug-likeness (QED) is 0.420. The van der Waals surface area contributed by atoms with Crippen LogP contribution in [-0.2, 0) is 6.42 Å². The Morgan fingerprint density at radius 2 is 1.91 bits per heavy atom. The topological polar surface area (TPSA) is 108 Å². The highest BCUT2D eigenvalue weighted by Gasteiger charge is 2.15. The molecule has 7 heteroatoms. The van der Waals surface area contributed by atoms with Crippen LogP contribution in [0.5, 0.6) is 0 Å². The van der Waals surface area contributed by atoms with Crippen molar-refractivity contribution in [2.24, 2.45) is 0 Å². The largest absolute Gasteiger partial charge is 0.350 e. The van der Waals surface area contributed by atoms with Crippen LogP contribution < -0.4 is 5.32 Å². The number of aromatic nitrogens is 3. The van der Waals surface area contributed by atoms with Crippen LogP contribution in [0.15, 0.2) is 83.4 Å². The molecule has 2 heterocycles. The van der Waals surface area contributed by atoms with Gasteiger partial charge in [0.1, 0.15) is 11.5 Å². The van der Waals surface area contributed by atoms with Crippen molar-refractivity contribution >= 4 is 22.6 Å². The molecule has 0 aliphatic carbocycles. The van der Waals surface area contributed by atoms with Crippen molar-refractivity contribution in [3.05, 3.63) is 102 Å². The fourth-order valence-electron chi connectivity index (χ4n) is 3.50. The average molecular weight is 419 g/mol. The highest BCUT2D eigenvalue weighted by Crippen LogP contribution is 2.22. The number of H-pyrrole nitrogens is 1. The molecule has 0 aliphatic heterocycles. The van der Waals surface area contributed by atoms with Gasteiger partial charge in [0.2, 0.25) is 5.76 Å². The van der Waals surface area contributed by atoms with Gasteiger partial charge in [-0.1, -0.05) is 41.6 Å². The van der Waals surface area contributed by atoms with Gasteiger partial charge in [-0.2, -0.15) is 5.26 Å². The maximum atomic E-state index is 12.7. The summed E-state index contributed by atoms with van der Waals surface area (Å²) in [6.07, 6.45) is 0.611. The van der Waals surface area contributed by atoms with Gasteiger partial charge < -0.3 is 14.8 Å². The zero-order valence-corrected chi connectivity index (χ0v) is 16.9. The second-order valence-corrected chi connectivity index (χ2v) is 7.30. The van der Waals surface area contributed by atoms with E-state index in [2.05, 4.69) is 26.5 Å². The van der Waals surface area contributed by atoms with Gasteiger partial charge in [-0.15, -0.1) is 0 Å². The molecule has 2 N–H and O–H groups in total. The van der Waals surface area contributed by atoms with Gasteiger partial charge in [-0.05, 0) is 42.0 Å². The Balaban J connectivity index is 1.31. The van der Waals surface area contributed by atoms with Gasteiger partial charge in [0.25, 0.3) is 5.91 Å². The molecule has 5 rings (SSSR count). The van der Waals surface area contributed by atoms with E-state index in [0.29, 0.717) is 28.9 Å². The van der Waals surface area contributed by atoms with E-state index < -0.39 is 5.91 Å². The number of nitrogens with zero attached hydrogens (tertiary/aromatic N) is 3. The van der Waals surface area contributed by atoms with Crippen molar-refractivity contribution < 1.29 is 9.32 Å². The zero-order valence-electron chi connectivity index (χ0n) is 16.9. The molecule has 0 bridgehead atoms. The number of imidazole rings is 1. The second-order valence-electron chi connectivity index (χ2n) is 7.30.